The van der Waals surface area contributed by atoms with Crippen molar-refractivity contribution in [3.63, 3.8) is 0 Å². The van der Waals surface area contributed by atoms with Crippen LogP contribution >= 0.6 is 0 Å². The summed E-state index contributed by atoms with van der Waals surface area (Å²) in [5.74, 6) is -0.471. The van der Waals surface area contributed by atoms with Crippen molar-refractivity contribution in [2.45, 2.75) is 13.3 Å². The van der Waals surface area contributed by atoms with Crippen molar-refractivity contribution in [3.8, 4) is 0 Å². The number of carbonyl (C=O) groups is 2. The fraction of sp³-hybridized carbons (Fsp3) is 0.273. The Labute approximate surface area is 162 Å². The molecule has 1 fully saturated rings. The Morgan fingerprint density at radius 3 is 2.54 bits per heavy atom. The maximum absolute atomic E-state index is 14.4. The standard InChI is InChI=1S/C22H22FN3O2/c1-15(27)16-6-7-21(19(23)12-16)25-8-10-26(11-9-25)22(28)13-17-14-24-20-5-3-2-4-18(17)20/h2-7,12,14,24H,8-11,13H2,1H3. The van der Waals surface area contributed by atoms with Crippen LogP contribution in [0.15, 0.2) is 48.7 Å². The summed E-state index contributed by atoms with van der Waals surface area (Å²) in [4.78, 5) is 31.1. The molecule has 2 heterocycles. The quantitative estimate of drug-likeness (QED) is 0.707. The number of hydrogen-bond donors (Lipinski definition) is 1. The molecule has 0 atom stereocenters. The van der Waals surface area contributed by atoms with Gasteiger partial charge in [-0.1, -0.05) is 18.2 Å². The first-order valence-corrected chi connectivity index (χ1v) is 9.41. The number of para-hydroxylation sites is 1. The van der Waals surface area contributed by atoms with Crippen LogP contribution in [0.3, 0.4) is 0 Å². The average Bonchev–Trinajstić information content (AvgIpc) is 3.11. The molecule has 0 saturated carbocycles. The normalized spacial score (nSPS) is 14.5. The van der Waals surface area contributed by atoms with E-state index in [9.17, 15) is 14.0 Å². The van der Waals surface area contributed by atoms with E-state index in [4.69, 9.17) is 0 Å². The lowest BCUT2D eigenvalue weighted by Gasteiger charge is -2.36. The van der Waals surface area contributed by atoms with Crippen LogP contribution in [-0.2, 0) is 11.2 Å². The van der Waals surface area contributed by atoms with Crippen LogP contribution in [0.5, 0.6) is 0 Å². The third-order valence-corrected chi connectivity index (χ3v) is 5.34. The van der Waals surface area contributed by atoms with E-state index in [2.05, 4.69) is 4.98 Å². The Balaban J connectivity index is 1.40. The van der Waals surface area contributed by atoms with Crippen molar-refractivity contribution in [1.82, 2.24) is 9.88 Å². The molecule has 1 saturated heterocycles. The van der Waals surface area contributed by atoms with E-state index >= 15 is 0 Å². The second-order valence-electron chi connectivity index (χ2n) is 7.13. The lowest BCUT2D eigenvalue weighted by Crippen LogP contribution is -2.49. The highest BCUT2D eigenvalue weighted by Crippen LogP contribution is 2.23. The molecule has 6 heteroatoms. The summed E-state index contributed by atoms with van der Waals surface area (Å²) in [6, 6.07) is 12.5. The van der Waals surface area contributed by atoms with Crippen molar-refractivity contribution >= 4 is 28.3 Å². The fourth-order valence-corrected chi connectivity index (χ4v) is 3.73. The molecule has 28 heavy (non-hydrogen) atoms. The molecular weight excluding hydrogens is 357 g/mol. The van der Waals surface area contributed by atoms with Crippen LogP contribution in [0, 0.1) is 5.82 Å². The molecule has 0 unspecified atom stereocenters. The largest absolute Gasteiger partial charge is 0.366 e. The van der Waals surface area contributed by atoms with Gasteiger partial charge in [0.15, 0.2) is 5.78 Å². The topological polar surface area (TPSA) is 56.4 Å². The van der Waals surface area contributed by atoms with Crippen LogP contribution in [0.2, 0.25) is 0 Å². The van der Waals surface area contributed by atoms with Gasteiger partial charge in [-0.3, -0.25) is 9.59 Å². The number of carbonyl (C=O) groups excluding carboxylic acids is 2. The number of hydrogen-bond acceptors (Lipinski definition) is 3. The van der Waals surface area contributed by atoms with Gasteiger partial charge in [-0.2, -0.15) is 0 Å². The second kappa shape index (κ2) is 7.46. The van der Waals surface area contributed by atoms with Gasteiger partial charge in [-0.05, 0) is 36.8 Å². The van der Waals surface area contributed by atoms with Crippen molar-refractivity contribution in [2.24, 2.45) is 0 Å². The van der Waals surface area contributed by atoms with E-state index in [1.807, 2.05) is 40.3 Å². The van der Waals surface area contributed by atoms with Crippen LogP contribution in [0.1, 0.15) is 22.8 Å². The van der Waals surface area contributed by atoms with Crippen molar-refractivity contribution in [3.05, 3.63) is 65.6 Å². The van der Waals surface area contributed by atoms with Crippen molar-refractivity contribution < 1.29 is 14.0 Å². The number of aromatic amines is 1. The molecule has 3 aromatic rings. The first-order valence-electron chi connectivity index (χ1n) is 9.41. The van der Waals surface area contributed by atoms with E-state index in [0.29, 0.717) is 43.9 Å². The number of Topliss-reactive ketones (excluding diaryl/α,β-unsaturated/α-hetero) is 1. The Bertz CT molecular complexity index is 1040. The maximum Gasteiger partial charge on any atom is 0.227 e. The number of rotatable bonds is 4. The van der Waals surface area contributed by atoms with Gasteiger partial charge in [0, 0.05) is 48.8 Å². The van der Waals surface area contributed by atoms with Crippen LogP contribution in [-0.4, -0.2) is 47.8 Å². The highest BCUT2D eigenvalue weighted by molar-refractivity contribution is 5.94. The lowest BCUT2D eigenvalue weighted by atomic mass is 10.1. The zero-order valence-corrected chi connectivity index (χ0v) is 15.7. The van der Waals surface area contributed by atoms with Gasteiger partial charge in [-0.25, -0.2) is 4.39 Å². The minimum atomic E-state index is -0.397. The van der Waals surface area contributed by atoms with Crippen LogP contribution < -0.4 is 4.90 Å². The summed E-state index contributed by atoms with van der Waals surface area (Å²) in [5.41, 5.74) is 2.87. The Morgan fingerprint density at radius 1 is 1.07 bits per heavy atom. The summed E-state index contributed by atoms with van der Waals surface area (Å²) in [7, 11) is 0. The minimum Gasteiger partial charge on any atom is -0.366 e. The van der Waals surface area contributed by atoms with E-state index in [1.165, 1.54) is 13.0 Å². The number of amides is 1. The molecule has 1 aliphatic heterocycles. The first-order chi connectivity index (χ1) is 13.5. The van der Waals surface area contributed by atoms with Crippen molar-refractivity contribution in [1.29, 1.82) is 0 Å². The van der Waals surface area contributed by atoms with Crippen molar-refractivity contribution in [2.75, 3.05) is 31.1 Å². The third-order valence-electron chi connectivity index (χ3n) is 5.34. The monoisotopic (exact) mass is 379 g/mol. The Hall–Kier alpha value is -3.15. The van der Waals surface area contributed by atoms with E-state index < -0.39 is 5.82 Å². The van der Waals surface area contributed by atoms with Gasteiger partial charge in [0.2, 0.25) is 5.91 Å². The molecule has 4 rings (SSSR count). The highest BCUT2D eigenvalue weighted by atomic mass is 19.1. The second-order valence-corrected chi connectivity index (χ2v) is 7.13. The summed E-state index contributed by atoms with van der Waals surface area (Å²) in [6.45, 7) is 3.66. The maximum atomic E-state index is 14.4. The number of halogens is 1. The fourth-order valence-electron chi connectivity index (χ4n) is 3.73. The molecular formula is C22H22FN3O2. The van der Waals surface area contributed by atoms with E-state index in [0.717, 1.165) is 16.5 Å². The summed E-state index contributed by atoms with van der Waals surface area (Å²) < 4.78 is 14.4. The number of piperazine rings is 1. The van der Waals surface area contributed by atoms with E-state index in [1.54, 1.807) is 12.1 Å². The predicted octanol–water partition coefficient (Wildman–Crippen LogP) is 3.40. The molecule has 0 bridgehead atoms. The van der Waals surface area contributed by atoms with Gasteiger partial charge in [0.25, 0.3) is 0 Å². The molecule has 2 aromatic carbocycles. The summed E-state index contributed by atoms with van der Waals surface area (Å²) in [6.07, 6.45) is 2.25. The van der Waals surface area contributed by atoms with Crippen LogP contribution in [0.25, 0.3) is 10.9 Å². The number of ketones is 1. The molecule has 1 amide bonds. The van der Waals surface area contributed by atoms with Gasteiger partial charge < -0.3 is 14.8 Å². The van der Waals surface area contributed by atoms with E-state index in [-0.39, 0.29) is 11.7 Å². The minimum absolute atomic E-state index is 0.0804. The molecule has 1 N–H and O–H groups in total. The number of fused-ring (bicyclic) bond motifs is 1. The van der Waals surface area contributed by atoms with Crippen LogP contribution in [0.4, 0.5) is 10.1 Å². The molecule has 144 valence electrons. The zero-order chi connectivity index (χ0) is 19.7. The highest BCUT2D eigenvalue weighted by Gasteiger charge is 2.23. The molecule has 0 radical (unpaired) electrons. The number of anilines is 1. The van der Waals surface area contributed by atoms with Gasteiger partial charge in [0.05, 0.1) is 12.1 Å². The number of H-pyrrole nitrogens is 1. The molecule has 0 aliphatic carbocycles. The molecule has 1 aliphatic rings. The summed E-state index contributed by atoms with van der Waals surface area (Å²) in [5, 5.41) is 1.07. The zero-order valence-electron chi connectivity index (χ0n) is 15.7. The molecule has 5 nitrogen and oxygen atoms in total. The smallest absolute Gasteiger partial charge is 0.227 e. The van der Waals surface area contributed by atoms with Gasteiger partial charge in [0.1, 0.15) is 5.82 Å². The summed E-state index contributed by atoms with van der Waals surface area (Å²) >= 11 is 0. The Morgan fingerprint density at radius 2 is 1.82 bits per heavy atom. The lowest BCUT2D eigenvalue weighted by molar-refractivity contribution is -0.130. The van der Waals surface area contributed by atoms with Gasteiger partial charge >= 0.3 is 0 Å². The third kappa shape index (κ3) is 3.50. The van der Waals surface area contributed by atoms with Gasteiger partial charge in [-0.15, -0.1) is 0 Å². The first kappa shape index (κ1) is 18.2. The Kier molecular flexibility index (Phi) is 4.86. The molecule has 1 aromatic heterocycles. The molecule has 0 spiro atoms. The number of aromatic nitrogens is 1. The number of benzene rings is 2. The average molecular weight is 379 g/mol. The number of nitrogens with one attached hydrogen (secondary N) is 1. The SMILES string of the molecule is CC(=O)c1ccc(N2CCN(C(=O)Cc3c[nH]c4ccccc34)CC2)c(F)c1. The number of nitrogens with zero attached hydrogens (tertiary/aromatic N) is 2. The predicted molar refractivity (Wildman–Crippen MR) is 107 cm³/mol.